The predicted octanol–water partition coefficient (Wildman–Crippen LogP) is 4.26. The third kappa shape index (κ3) is 7.41. The molecule has 0 saturated carbocycles. The molecule has 6 heteroatoms. The lowest BCUT2D eigenvalue weighted by Crippen LogP contribution is -2.10. The fourth-order valence-corrected chi connectivity index (χ4v) is 2.28. The second-order valence-electron chi connectivity index (χ2n) is 5.70. The Bertz CT molecular complexity index is 1020. The van der Waals surface area contributed by atoms with E-state index in [0.29, 0.717) is 6.61 Å². The van der Waals surface area contributed by atoms with Crippen molar-refractivity contribution in [3.63, 3.8) is 0 Å². The highest BCUT2D eigenvalue weighted by Gasteiger charge is 2.03. The zero-order valence-corrected chi connectivity index (χ0v) is 16.2. The number of nitrogens with one attached hydrogen (secondary N) is 1. The first-order valence-electron chi connectivity index (χ1n) is 8.55. The maximum absolute atomic E-state index is 10.5. The molecular weight excluding hydrogens is 388 g/mol. The standard InChI is InChI=1S/C16H13NO.C7H6ClNO2/c17-13-15-10-8-14(9-11-15)5-4-12-18-16-6-2-1-3-7-16;8-5-3-4(7(9)11)1-2-6(5)10/h1-3,6-11,13,17H,12H2;1-3,10H,(H2,9,11). The van der Waals surface area contributed by atoms with Crippen LogP contribution in [-0.2, 0) is 0 Å². The van der Waals surface area contributed by atoms with Crippen molar-refractivity contribution in [1.82, 2.24) is 0 Å². The van der Waals surface area contributed by atoms with E-state index in [4.69, 9.17) is 32.6 Å². The third-order valence-corrected chi connectivity index (χ3v) is 3.90. The smallest absolute Gasteiger partial charge is 0.248 e. The van der Waals surface area contributed by atoms with Crippen LogP contribution in [0.4, 0.5) is 0 Å². The summed E-state index contributed by atoms with van der Waals surface area (Å²) in [5.41, 5.74) is 7.04. The molecule has 5 nitrogen and oxygen atoms in total. The summed E-state index contributed by atoms with van der Waals surface area (Å²) in [6, 6.07) is 21.2. The molecule has 0 aliphatic carbocycles. The fourth-order valence-electron chi connectivity index (χ4n) is 2.10. The summed E-state index contributed by atoms with van der Waals surface area (Å²) < 4.78 is 5.46. The molecule has 0 spiro atoms. The number of hydrogen-bond acceptors (Lipinski definition) is 4. The Kier molecular flexibility index (Phi) is 8.30. The Morgan fingerprint density at radius 3 is 2.38 bits per heavy atom. The molecule has 3 rings (SSSR count). The Morgan fingerprint density at radius 2 is 1.79 bits per heavy atom. The Balaban J connectivity index is 0.000000234. The number of hydrogen-bond donors (Lipinski definition) is 3. The minimum atomic E-state index is -0.563. The van der Waals surface area contributed by atoms with Crippen LogP contribution < -0.4 is 10.5 Å². The highest BCUT2D eigenvalue weighted by molar-refractivity contribution is 6.32. The minimum Gasteiger partial charge on any atom is -0.506 e. The van der Waals surface area contributed by atoms with Crippen molar-refractivity contribution in [1.29, 1.82) is 5.41 Å². The highest BCUT2D eigenvalue weighted by atomic mass is 35.5. The summed E-state index contributed by atoms with van der Waals surface area (Å²) in [5, 5.41) is 16.2. The molecule has 0 aliphatic heterocycles. The zero-order chi connectivity index (χ0) is 21.1. The average Bonchev–Trinajstić information content (AvgIpc) is 2.75. The molecule has 0 saturated heterocycles. The molecule has 29 heavy (non-hydrogen) atoms. The molecule has 146 valence electrons. The van der Waals surface area contributed by atoms with E-state index in [1.54, 1.807) is 0 Å². The maximum Gasteiger partial charge on any atom is 0.248 e. The number of phenols is 1. The summed E-state index contributed by atoms with van der Waals surface area (Å²) in [7, 11) is 0. The van der Waals surface area contributed by atoms with Gasteiger partial charge in [0.15, 0.2) is 0 Å². The van der Waals surface area contributed by atoms with E-state index < -0.39 is 5.91 Å². The second-order valence-corrected chi connectivity index (χ2v) is 6.11. The quantitative estimate of drug-likeness (QED) is 0.446. The lowest BCUT2D eigenvalue weighted by atomic mass is 10.1. The molecule has 0 radical (unpaired) electrons. The molecule has 1 amide bonds. The van der Waals surface area contributed by atoms with E-state index in [9.17, 15) is 4.79 Å². The number of nitrogens with two attached hydrogens (primary N) is 1. The number of phenolic OH excluding ortho intramolecular Hbond substituents is 1. The van der Waals surface area contributed by atoms with Gasteiger partial charge in [-0.25, -0.2) is 0 Å². The van der Waals surface area contributed by atoms with Crippen LogP contribution in [0.15, 0.2) is 72.8 Å². The van der Waals surface area contributed by atoms with Gasteiger partial charge in [-0.1, -0.05) is 53.8 Å². The summed E-state index contributed by atoms with van der Waals surface area (Å²) in [6.07, 6.45) is 1.32. The van der Waals surface area contributed by atoms with E-state index in [0.717, 1.165) is 16.9 Å². The molecule has 0 unspecified atom stereocenters. The largest absolute Gasteiger partial charge is 0.506 e. The lowest BCUT2D eigenvalue weighted by Gasteiger charge is -1.99. The first-order chi connectivity index (χ1) is 14.0. The number of halogens is 1. The maximum atomic E-state index is 10.5. The van der Waals surface area contributed by atoms with Crippen molar-refractivity contribution in [2.24, 2.45) is 5.73 Å². The van der Waals surface area contributed by atoms with E-state index in [2.05, 4.69) is 11.8 Å². The Hall–Kier alpha value is -3.75. The van der Waals surface area contributed by atoms with E-state index in [1.165, 1.54) is 24.4 Å². The minimum absolute atomic E-state index is 0.0586. The molecule has 0 heterocycles. The van der Waals surface area contributed by atoms with Crippen LogP contribution in [0, 0.1) is 17.3 Å². The summed E-state index contributed by atoms with van der Waals surface area (Å²) >= 11 is 5.50. The van der Waals surface area contributed by atoms with Gasteiger partial charge in [0.05, 0.1) is 5.02 Å². The molecule has 0 atom stereocenters. The number of para-hydroxylation sites is 1. The van der Waals surface area contributed by atoms with Crippen LogP contribution >= 0.6 is 11.6 Å². The fraction of sp³-hybridized carbons (Fsp3) is 0.0435. The van der Waals surface area contributed by atoms with Crippen LogP contribution in [0.1, 0.15) is 21.5 Å². The number of benzene rings is 3. The number of carbonyl (C=O) groups is 1. The van der Waals surface area contributed by atoms with Gasteiger partial charge >= 0.3 is 0 Å². The van der Waals surface area contributed by atoms with Gasteiger partial charge in [-0.3, -0.25) is 4.79 Å². The molecule has 3 aromatic rings. The van der Waals surface area contributed by atoms with Crippen LogP contribution in [0.5, 0.6) is 11.5 Å². The van der Waals surface area contributed by atoms with Crippen LogP contribution in [0.3, 0.4) is 0 Å². The van der Waals surface area contributed by atoms with Gasteiger partial charge in [0, 0.05) is 17.3 Å². The zero-order valence-electron chi connectivity index (χ0n) is 15.4. The summed E-state index contributed by atoms with van der Waals surface area (Å²) in [5.74, 6) is 6.18. The Labute approximate surface area is 174 Å². The number of carbonyl (C=O) groups excluding carboxylic acids is 1. The van der Waals surface area contributed by atoms with Gasteiger partial charge in [-0.2, -0.15) is 0 Å². The molecule has 3 aromatic carbocycles. The van der Waals surface area contributed by atoms with Crippen molar-refractivity contribution in [3.05, 3.63) is 94.5 Å². The van der Waals surface area contributed by atoms with Crippen molar-refractivity contribution in [2.75, 3.05) is 6.61 Å². The molecule has 4 N–H and O–H groups in total. The number of primary amides is 1. The number of rotatable bonds is 4. The van der Waals surface area contributed by atoms with Gasteiger partial charge in [-0.15, -0.1) is 0 Å². The monoisotopic (exact) mass is 406 g/mol. The van der Waals surface area contributed by atoms with Gasteiger partial charge < -0.3 is 21.0 Å². The van der Waals surface area contributed by atoms with E-state index in [1.807, 2.05) is 54.6 Å². The normalized spacial score (nSPS) is 9.28. The van der Waals surface area contributed by atoms with Crippen molar-refractivity contribution < 1.29 is 14.6 Å². The number of ether oxygens (including phenoxy) is 1. The number of amides is 1. The van der Waals surface area contributed by atoms with Crippen molar-refractivity contribution in [2.45, 2.75) is 0 Å². The van der Waals surface area contributed by atoms with Gasteiger partial charge in [0.2, 0.25) is 5.91 Å². The Morgan fingerprint density at radius 1 is 1.10 bits per heavy atom. The van der Waals surface area contributed by atoms with E-state index in [-0.39, 0.29) is 16.3 Å². The third-order valence-electron chi connectivity index (χ3n) is 3.60. The molecule has 0 aromatic heterocycles. The first-order valence-corrected chi connectivity index (χ1v) is 8.93. The van der Waals surface area contributed by atoms with Crippen LogP contribution in [0.25, 0.3) is 0 Å². The molecular formula is C23H19ClN2O3. The van der Waals surface area contributed by atoms with Crippen LogP contribution in [0.2, 0.25) is 5.02 Å². The first kappa shape index (κ1) is 21.5. The average molecular weight is 407 g/mol. The van der Waals surface area contributed by atoms with Crippen LogP contribution in [-0.4, -0.2) is 23.8 Å². The number of aromatic hydroxyl groups is 1. The SMILES string of the molecule is N=Cc1ccc(C#CCOc2ccccc2)cc1.NC(=O)c1ccc(O)c(Cl)c1. The van der Waals surface area contributed by atoms with Gasteiger partial charge in [0.1, 0.15) is 18.1 Å². The van der Waals surface area contributed by atoms with Gasteiger partial charge in [0.25, 0.3) is 0 Å². The summed E-state index contributed by atoms with van der Waals surface area (Å²) in [6.45, 7) is 0.371. The predicted molar refractivity (Wildman–Crippen MR) is 115 cm³/mol. The second kappa shape index (κ2) is 11.2. The molecule has 0 bridgehead atoms. The van der Waals surface area contributed by atoms with Crippen molar-refractivity contribution >= 4 is 23.7 Å². The topological polar surface area (TPSA) is 96.4 Å². The lowest BCUT2D eigenvalue weighted by molar-refractivity contribution is 0.100. The van der Waals surface area contributed by atoms with Crippen molar-refractivity contribution in [3.8, 4) is 23.3 Å². The van der Waals surface area contributed by atoms with Gasteiger partial charge in [-0.05, 0) is 48.0 Å². The van der Waals surface area contributed by atoms with E-state index >= 15 is 0 Å². The molecule has 0 aliphatic rings. The summed E-state index contributed by atoms with van der Waals surface area (Å²) in [4.78, 5) is 10.5. The molecule has 0 fully saturated rings. The highest BCUT2D eigenvalue weighted by Crippen LogP contribution is 2.23.